The van der Waals surface area contributed by atoms with Crippen molar-refractivity contribution in [2.75, 3.05) is 32.0 Å². The Morgan fingerprint density at radius 1 is 0.845 bits per heavy atom. The molecule has 6 amide bonds. The molecule has 0 unspecified atom stereocenters. The molecule has 0 bridgehead atoms. The Morgan fingerprint density at radius 2 is 1.47 bits per heavy atom. The first-order chi connectivity index (χ1) is 27.3. The minimum absolute atomic E-state index is 0.0192. The Hall–Kier alpha value is -5.77. The summed E-state index contributed by atoms with van der Waals surface area (Å²) in [6, 6.07) is 14.9. The van der Waals surface area contributed by atoms with E-state index >= 15 is 0 Å². The van der Waals surface area contributed by atoms with Crippen molar-refractivity contribution in [3.8, 4) is 0 Å². The van der Waals surface area contributed by atoms with Crippen LogP contribution >= 0.6 is 0 Å². The van der Waals surface area contributed by atoms with Crippen molar-refractivity contribution >= 4 is 52.4 Å². The number of hydrogen-bond acceptors (Lipinski definition) is 10. The maximum absolute atomic E-state index is 14.7. The highest BCUT2D eigenvalue weighted by Crippen LogP contribution is 2.29. The van der Waals surface area contributed by atoms with Gasteiger partial charge in [-0.1, -0.05) is 48.5 Å². The van der Waals surface area contributed by atoms with Crippen LogP contribution in [-0.2, 0) is 35.1 Å². The van der Waals surface area contributed by atoms with Gasteiger partial charge in [0.2, 0.25) is 23.6 Å². The number of para-hydroxylation sites is 1. The molecule has 3 aromatic rings. The highest BCUT2D eigenvalue weighted by Gasteiger charge is 2.48. The third-order valence-electron chi connectivity index (χ3n) is 9.61. The number of benzene rings is 2. The molecule has 16 heteroatoms. The summed E-state index contributed by atoms with van der Waals surface area (Å²) in [5, 5.41) is 20.1. The summed E-state index contributed by atoms with van der Waals surface area (Å²) in [5.41, 5.74) is 0.407. The molecule has 4 N–H and O–H groups in total. The second-order valence-corrected chi connectivity index (χ2v) is 16.9. The summed E-state index contributed by atoms with van der Waals surface area (Å²) in [5.74, 6) is -2.30. The molecular formula is C42H55N7O9. The molecule has 58 heavy (non-hydrogen) atoms. The number of aromatic nitrogens is 1. The Kier molecular flexibility index (Phi) is 13.6. The van der Waals surface area contributed by atoms with E-state index in [0.29, 0.717) is 12.1 Å². The fourth-order valence-electron chi connectivity index (χ4n) is 6.96. The standard InChI is InChI=1S/C42H55N7O9/c1-41(2,3)57-39(55)47(7)25-35(51)44-29-21-33(49(24-29)40(56)58-42(4,5)6)38(54)48-23-30(46-37(53)34(50)18-17-26-13-9-8-10-14-26)20-32(48)36(52)45-28-19-27-15-11-12-16-31(27)43-22-28/h8-16,19,22,29-30,32-34,50H,17-18,20-21,23-25H2,1-7H3,(H,44,51)(H,45,52)(H,46,53)/t29-,30+,32-,33-,34+/m0/s1. The summed E-state index contributed by atoms with van der Waals surface area (Å²) in [7, 11) is 1.42. The van der Waals surface area contributed by atoms with Crippen molar-refractivity contribution in [2.45, 2.75) is 109 Å². The van der Waals surface area contributed by atoms with E-state index in [0.717, 1.165) is 21.4 Å². The number of anilines is 1. The molecule has 2 saturated heterocycles. The van der Waals surface area contributed by atoms with E-state index in [2.05, 4.69) is 20.9 Å². The van der Waals surface area contributed by atoms with Crippen LogP contribution < -0.4 is 16.0 Å². The van der Waals surface area contributed by atoms with Crippen LogP contribution in [0.2, 0.25) is 0 Å². The van der Waals surface area contributed by atoms with Crippen molar-refractivity contribution in [1.29, 1.82) is 0 Å². The number of aliphatic hydroxyl groups is 1. The Morgan fingerprint density at radius 3 is 2.16 bits per heavy atom. The molecule has 0 saturated carbocycles. The zero-order valence-corrected chi connectivity index (χ0v) is 34.2. The molecule has 5 rings (SSSR count). The van der Waals surface area contributed by atoms with E-state index in [1.807, 2.05) is 54.6 Å². The van der Waals surface area contributed by atoms with Gasteiger partial charge in [0.25, 0.3) is 0 Å². The summed E-state index contributed by atoms with van der Waals surface area (Å²) in [6.07, 6.45) is -0.677. The molecule has 0 spiro atoms. The highest BCUT2D eigenvalue weighted by molar-refractivity contribution is 6.00. The van der Waals surface area contributed by atoms with E-state index in [1.54, 1.807) is 47.6 Å². The number of amides is 6. The molecule has 2 aliphatic heterocycles. The van der Waals surface area contributed by atoms with Crippen LogP contribution in [0.3, 0.4) is 0 Å². The highest BCUT2D eigenvalue weighted by atomic mass is 16.6. The predicted molar refractivity (Wildman–Crippen MR) is 215 cm³/mol. The van der Waals surface area contributed by atoms with E-state index in [-0.39, 0.29) is 38.9 Å². The lowest BCUT2D eigenvalue weighted by molar-refractivity contribution is -0.140. The van der Waals surface area contributed by atoms with Crippen LogP contribution in [0, 0.1) is 0 Å². The number of nitrogens with zero attached hydrogens (tertiary/aromatic N) is 4. The van der Waals surface area contributed by atoms with Gasteiger partial charge < -0.3 is 40.3 Å². The number of carbonyl (C=O) groups excluding carboxylic acids is 6. The Bertz CT molecular complexity index is 1980. The van der Waals surface area contributed by atoms with Crippen molar-refractivity contribution in [3.63, 3.8) is 0 Å². The lowest BCUT2D eigenvalue weighted by Gasteiger charge is -2.32. The van der Waals surface area contributed by atoms with Gasteiger partial charge in [0, 0.05) is 37.6 Å². The fraction of sp³-hybridized carbons (Fsp3) is 0.500. The summed E-state index contributed by atoms with van der Waals surface area (Å²) < 4.78 is 11.0. The second-order valence-electron chi connectivity index (χ2n) is 16.9. The lowest BCUT2D eigenvalue weighted by Crippen LogP contribution is -2.53. The van der Waals surface area contributed by atoms with Gasteiger partial charge in [-0.3, -0.25) is 29.1 Å². The number of ether oxygens (including phenoxy) is 2. The van der Waals surface area contributed by atoms with Gasteiger partial charge in [0.05, 0.1) is 17.4 Å². The van der Waals surface area contributed by atoms with Crippen molar-refractivity contribution in [3.05, 3.63) is 72.4 Å². The Labute approximate surface area is 338 Å². The maximum atomic E-state index is 14.7. The fourth-order valence-corrected chi connectivity index (χ4v) is 6.96. The van der Waals surface area contributed by atoms with Gasteiger partial charge in [-0.25, -0.2) is 9.59 Å². The van der Waals surface area contributed by atoms with Crippen LogP contribution in [0.1, 0.15) is 66.4 Å². The molecule has 2 fully saturated rings. The number of aryl methyl sites for hydroxylation is 1. The number of nitrogens with one attached hydrogen (secondary N) is 3. The first-order valence-electron chi connectivity index (χ1n) is 19.5. The first kappa shape index (κ1) is 43.4. The third-order valence-corrected chi connectivity index (χ3v) is 9.61. The molecule has 2 aliphatic rings. The van der Waals surface area contributed by atoms with Crippen LogP contribution in [0.25, 0.3) is 10.9 Å². The topological polar surface area (TPSA) is 200 Å². The minimum atomic E-state index is -1.34. The second kappa shape index (κ2) is 18.2. The quantitative estimate of drug-likeness (QED) is 0.222. The van der Waals surface area contributed by atoms with Crippen molar-refractivity contribution < 1.29 is 43.3 Å². The van der Waals surface area contributed by atoms with E-state index in [1.165, 1.54) is 23.0 Å². The zero-order chi connectivity index (χ0) is 42.4. The third kappa shape index (κ3) is 11.9. The predicted octanol–water partition coefficient (Wildman–Crippen LogP) is 3.61. The lowest BCUT2D eigenvalue weighted by atomic mass is 10.1. The number of likely N-dealkylation sites (N-methyl/N-ethyl adjacent to an activating group) is 1. The number of rotatable bonds is 11. The van der Waals surface area contributed by atoms with Gasteiger partial charge in [-0.2, -0.15) is 0 Å². The molecule has 5 atom stereocenters. The van der Waals surface area contributed by atoms with E-state index in [4.69, 9.17) is 9.47 Å². The molecule has 2 aromatic carbocycles. The number of likely N-dealkylation sites (tertiary alicyclic amines) is 2. The molecular weight excluding hydrogens is 747 g/mol. The summed E-state index contributed by atoms with van der Waals surface area (Å²) in [4.78, 5) is 89.3. The monoisotopic (exact) mass is 801 g/mol. The van der Waals surface area contributed by atoms with E-state index < -0.39 is 77.3 Å². The van der Waals surface area contributed by atoms with Crippen LogP contribution in [0.4, 0.5) is 15.3 Å². The zero-order valence-electron chi connectivity index (χ0n) is 34.2. The largest absolute Gasteiger partial charge is 0.444 e. The van der Waals surface area contributed by atoms with Crippen LogP contribution in [0.5, 0.6) is 0 Å². The molecule has 16 nitrogen and oxygen atoms in total. The van der Waals surface area contributed by atoms with Gasteiger partial charge >= 0.3 is 12.2 Å². The molecule has 3 heterocycles. The van der Waals surface area contributed by atoms with Gasteiger partial charge in [-0.05, 0) is 84.9 Å². The Balaban J connectivity index is 1.35. The average molecular weight is 802 g/mol. The summed E-state index contributed by atoms with van der Waals surface area (Å²) >= 11 is 0. The summed E-state index contributed by atoms with van der Waals surface area (Å²) in [6.45, 7) is 9.67. The number of fused-ring (bicyclic) bond motifs is 1. The van der Waals surface area contributed by atoms with Gasteiger partial charge in [-0.15, -0.1) is 0 Å². The maximum Gasteiger partial charge on any atom is 0.411 e. The average Bonchev–Trinajstić information content (AvgIpc) is 3.77. The number of aliphatic hydroxyl groups excluding tert-OH is 1. The van der Waals surface area contributed by atoms with Crippen LogP contribution in [-0.4, -0.2) is 129 Å². The molecule has 0 aliphatic carbocycles. The number of pyridine rings is 1. The number of carbonyl (C=O) groups is 6. The smallest absolute Gasteiger partial charge is 0.411 e. The normalized spacial score (nSPS) is 19.9. The molecule has 312 valence electrons. The van der Waals surface area contributed by atoms with E-state index in [9.17, 15) is 33.9 Å². The molecule has 1 aromatic heterocycles. The SMILES string of the molecule is CN(CC(=O)N[C@H]1C[C@@H](C(=O)N2C[C@H](NC(=O)[C@H](O)CCc3ccccc3)C[C@H]2C(=O)Nc2cnc3ccccc3c2)N(C(=O)OC(C)(C)C)C1)C(=O)OC(C)(C)C. The minimum Gasteiger partial charge on any atom is -0.444 e. The van der Waals surface area contributed by atoms with Crippen LogP contribution in [0.15, 0.2) is 66.9 Å². The number of hydrogen-bond donors (Lipinski definition) is 4. The first-order valence-corrected chi connectivity index (χ1v) is 19.5. The van der Waals surface area contributed by atoms with Crippen molar-refractivity contribution in [2.24, 2.45) is 0 Å². The van der Waals surface area contributed by atoms with Gasteiger partial charge in [0.1, 0.15) is 35.9 Å². The molecule has 0 radical (unpaired) electrons. The van der Waals surface area contributed by atoms with Gasteiger partial charge in [0.15, 0.2) is 0 Å². The van der Waals surface area contributed by atoms with Crippen molar-refractivity contribution in [1.82, 2.24) is 30.3 Å².